The van der Waals surface area contributed by atoms with Crippen molar-refractivity contribution in [1.82, 2.24) is 10.2 Å². The molecule has 0 aromatic heterocycles. The van der Waals surface area contributed by atoms with Crippen LogP contribution in [0.5, 0.6) is 0 Å². The maximum absolute atomic E-state index is 12.3. The van der Waals surface area contributed by atoms with Crippen LogP contribution in [0.2, 0.25) is 0 Å². The van der Waals surface area contributed by atoms with Gasteiger partial charge in [-0.1, -0.05) is 48.0 Å². The highest BCUT2D eigenvalue weighted by Crippen LogP contribution is 2.23. The average molecular weight is 339 g/mol. The Morgan fingerprint density at radius 1 is 1.25 bits per heavy atom. The molecule has 20 heavy (non-hydrogen) atoms. The van der Waals surface area contributed by atoms with Gasteiger partial charge in [0.1, 0.15) is 5.92 Å². The third-order valence-corrected chi connectivity index (χ3v) is 4.02. The average Bonchev–Trinajstić information content (AvgIpc) is 2.35. The molecule has 1 atom stereocenters. The Kier molecular flexibility index (Phi) is 4.23. The quantitative estimate of drug-likeness (QED) is 0.860. The van der Waals surface area contributed by atoms with Crippen LogP contribution in [0.3, 0.4) is 0 Å². The summed E-state index contributed by atoms with van der Waals surface area (Å²) in [6, 6.07) is 6.69. The third-order valence-electron chi connectivity index (χ3n) is 3.24. The molecule has 0 radical (unpaired) electrons. The Balaban J connectivity index is 2.26. The molecule has 1 aliphatic rings. The molecule has 106 valence electrons. The Morgan fingerprint density at radius 3 is 2.50 bits per heavy atom. The number of carbonyl (C=O) groups is 3. The first kappa shape index (κ1) is 14.7. The molecule has 0 aliphatic carbocycles. The molecule has 1 aliphatic heterocycles. The van der Waals surface area contributed by atoms with Crippen LogP contribution in [0.4, 0.5) is 4.79 Å². The standard InChI is InChI=1S/C14H15BrN2O3/c1-8(2)11-12(18)16-14(20)17(13(11)19)7-9-5-3-4-6-10(9)15/h3-6,8,11H,7H2,1-2H3,(H,16,18,20). The van der Waals surface area contributed by atoms with Crippen molar-refractivity contribution in [2.45, 2.75) is 20.4 Å². The number of hydrogen-bond donors (Lipinski definition) is 1. The van der Waals surface area contributed by atoms with Crippen LogP contribution >= 0.6 is 15.9 Å². The van der Waals surface area contributed by atoms with E-state index >= 15 is 0 Å². The van der Waals surface area contributed by atoms with Crippen LogP contribution in [0.1, 0.15) is 19.4 Å². The van der Waals surface area contributed by atoms with Crippen LogP contribution < -0.4 is 5.32 Å². The topological polar surface area (TPSA) is 66.5 Å². The molecule has 0 bridgehead atoms. The van der Waals surface area contributed by atoms with E-state index in [0.29, 0.717) is 0 Å². The van der Waals surface area contributed by atoms with Crippen molar-refractivity contribution in [3.05, 3.63) is 34.3 Å². The van der Waals surface area contributed by atoms with E-state index in [1.165, 1.54) is 0 Å². The van der Waals surface area contributed by atoms with Gasteiger partial charge in [-0.2, -0.15) is 0 Å². The fraction of sp³-hybridized carbons (Fsp3) is 0.357. The van der Waals surface area contributed by atoms with Gasteiger partial charge in [0.15, 0.2) is 0 Å². The van der Waals surface area contributed by atoms with Crippen LogP contribution in [0.25, 0.3) is 0 Å². The van der Waals surface area contributed by atoms with Gasteiger partial charge in [0.05, 0.1) is 6.54 Å². The van der Waals surface area contributed by atoms with Gasteiger partial charge in [0.2, 0.25) is 11.8 Å². The normalized spacial score (nSPS) is 19.5. The van der Waals surface area contributed by atoms with Crippen molar-refractivity contribution in [2.24, 2.45) is 11.8 Å². The Hall–Kier alpha value is -1.69. The fourth-order valence-corrected chi connectivity index (χ4v) is 2.58. The molecule has 1 saturated heterocycles. The summed E-state index contributed by atoms with van der Waals surface area (Å²) in [6.45, 7) is 3.71. The largest absolute Gasteiger partial charge is 0.331 e. The first-order chi connectivity index (χ1) is 9.41. The number of carbonyl (C=O) groups excluding carboxylic acids is 3. The lowest BCUT2D eigenvalue weighted by Crippen LogP contribution is -2.58. The second-order valence-electron chi connectivity index (χ2n) is 5.03. The molecule has 0 spiro atoms. The minimum absolute atomic E-state index is 0.141. The summed E-state index contributed by atoms with van der Waals surface area (Å²) in [6.07, 6.45) is 0. The minimum atomic E-state index is -0.810. The highest BCUT2D eigenvalue weighted by molar-refractivity contribution is 9.10. The number of rotatable bonds is 3. The summed E-state index contributed by atoms with van der Waals surface area (Å²) in [5.74, 6) is -1.92. The van der Waals surface area contributed by atoms with E-state index in [1.807, 2.05) is 24.3 Å². The zero-order valence-electron chi connectivity index (χ0n) is 11.2. The van der Waals surface area contributed by atoms with E-state index in [4.69, 9.17) is 0 Å². The first-order valence-electron chi connectivity index (χ1n) is 6.31. The monoisotopic (exact) mass is 338 g/mol. The third kappa shape index (κ3) is 2.75. The Bertz CT molecular complexity index is 571. The predicted octanol–water partition coefficient (Wildman–Crippen LogP) is 2.30. The van der Waals surface area contributed by atoms with Gasteiger partial charge in [0, 0.05) is 4.47 Å². The van der Waals surface area contributed by atoms with E-state index in [9.17, 15) is 14.4 Å². The molecule has 1 unspecified atom stereocenters. The van der Waals surface area contributed by atoms with Crippen molar-refractivity contribution in [3.8, 4) is 0 Å². The summed E-state index contributed by atoms with van der Waals surface area (Å²) in [4.78, 5) is 37.0. The lowest BCUT2D eigenvalue weighted by Gasteiger charge is -2.32. The molecule has 2 rings (SSSR count). The van der Waals surface area contributed by atoms with Gasteiger partial charge in [-0.15, -0.1) is 0 Å². The van der Waals surface area contributed by atoms with Crippen LogP contribution in [-0.2, 0) is 16.1 Å². The van der Waals surface area contributed by atoms with Crippen molar-refractivity contribution in [2.75, 3.05) is 0 Å². The van der Waals surface area contributed by atoms with E-state index < -0.39 is 23.8 Å². The molecule has 1 aromatic rings. The number of imide groups is 2. The molecule has 1 heterocycles. The summed E-state index contributed by atoms with van der Waals surface area (Å²) < 4.78 is 0.818. The Labute approximate surface area is 125 Å². The number of nitrogens with zero attached hydrogens (tertiary/aromatic N) is 1. The smallest absolute Gasteiger partial charge is 0.277 e. The summed E-state index contributed by atoms with van der Waals surface area (Å²) in [5, 5.41) is 2.24. The summed E-state index contributed by atoms with van der Waals surface area (Å²) in [7, 11) is 0. The second-order valence-corrected chi connectivity index (χ2v) is 5.89. The number of amides is 4. The van der Waals surface area contributed by atoms with Crippen LogP contribution in [0.15, 0.2) is 28.7 Å². The van der Waals surface area contributed by atoms with E-state index in [0.717, 1.165) is 14.9 Å². The van der Waals surface area contributed by atoms with E-state index in [-0.39, 0.29) is 12.5 Å². The molecule has 0 saturated carbocycles. The SMILES string of the molecule is CC(C)C1C(=O)NC(=O)N(Cc2ccccc2Br)C1=O. The van der Waals surface area contributed by atoms with Crippen molar-refractivity contribution < 1.29 is 14.4 Å². The molecular formula is C14H15BrN2O3. The zero-order chi connectivity index (χ0) is 14.9. The van der Waals surface area contributed by atoms with Crippen molar-refractivity contribution in [3.63, 3.8) is 0 Å². The highest BCUT2D eigenvalue weighted by atomic mass is 79.9. The van der Waals surface area contributed by atoms with Crippen molar-refractivity contribution in [1.29, 1.82) is 0 Å². The highest BCUT2D eigenvalue weighted by Gasteiger charge is 2.41. The Morgan fingerprint density at radius 2 is 1.90 bits per heavy atom. The fourth-order valence-electron chi connectivity index (χ4n) is 2.17. The lowest BCUT2D eigenvalue weighted by atomic mass is 9.92. The minimum Gasteiger partial charge on any atom is -0.277 e. The number of benzene rings is 1. The van der Waals surface area contributed by atoms with Gasteiger partial charge >= 0.3 is 6.03 Å². The van der Waals surface area contributed by atoms with Gasteiger partial charge < -0.3 is 0 Å². The number of hydrogen-bond acceptors (Lipinski definition) is 3. The van der Waals surface area contributed by atoms with E-state index in [1.54, 1.807) is 13.8 Å². The number of halogens is 1. The van der Waals surface area contributed by atoms with E-state index in [2.05, 4.69) is 21.2 Å². The first-order valence-corrected chi connectivity index (χ1v) is 7.10. The van der Waals surface area contributed by atoms with Gasteiger partial charge in [-0.25, -0.2) is 4.79 Å². The molecule has 1 N–H and O–H groups in total. The maximum atomic E-state index is 12.3. The second kappa shape index (κ2) is 5.75. The zero-order valence-corrected chi connectivity index (χ0v) is 12.8. The molecule has 5 nitrogen and oxygen atoms in total. The van der Waals surface area contributed by atoms with Crippen LogP contribution in [-0.4, -0.2) is 22.7 Å². The van der Waals surface area contributed by atoms with Gasteiger partial charge in [0.25, 0.3) is 0 Å². The molecular weight excluding hydrogens is 324 g/mol. The molecule has 1 aromatic carbocycles. The number of barbiturate groups is 1. The molecule has 1 fully saturated rings. The van der Waals surface area contributed by atoms with Gasteiger partial charge in [-0.3, -0.25) is 19.8 Å². The van der Waals surface area contributed by atoms with Crippen LogP contribution in [0, 0.1) is 11.8 Å². The summed E-state index contributed by atoms with van der Waals surface area (Å²) >= 11 is 3.38. The maximum Gasteiger partial charge on any atom is 0.331 e. The molecule has 6 heteroatoms. The predicted molar refractivity (Wildman–Crippen MR) is 76.6 cm³/mol. The van der Waals surface area contributed by atoms with Gasteiger partial charge in [-0.05, 0) is 17.5 Å². The number of urea groups is 1. The number of nitrogens with one attached hydrogen (secondary N) is 1. The molecule has 4 amide bonds. The lowest BCUT2D eigenvalue weighted by molar-refractivity contribution is -0.144. The van der Waals surface area contributed by atoms with Crippen molar-refractivity contribution >= 4 is 33.8 Å². The summed E-state index contributed by atoms with van der Waals surface area (Å²) in [5.41, 5.74) is 0.813.